The molecule has 3 heterocycles. The predicted molar refractivity (Wildman–Crippen MR) is 114 cm³/mol. The Hall–Kier alpha value is -2.95. The van der Waals surface area contributed by atoms with Crippen LogP contribution in [0.1, 0.15) is 38.2 Å². The van der Waals surface area contributed by atoms with E-state index in [2.05, 4.69) is 40.3 Å². The number of pyridine rings is 1. The molecule has 0 saturated carbocycles. The van der Waals surface area contributed by atoms with E-state index in [0.717, 1.165) is 36.0 Å². The number of hydrogen-bond acceptors (Lipinski definition) is 5. The van der Waals surface area contributed by atoms with Crippen molar-refractivity contribution in [2.45, 2.75) is 45.2 Å². The summed E-state index contributed by atoms with van der Waals surface area (Å²) in [5, 5.41) is 3.48. The number of benzene rings is 1. The normalized spacial score (nSPS) is 16.8. The van der Waals surface area contributed by atoms with Crippen LogP contribution in [0, 0.1) is 0 Å². The van der Waals surface area contributed by atoms with Crippen molar-refractivity contribution in [3.05, 3.63) is 66.5 Å². The Morgan fingerprint density at radius 3 is 2.64 bits per heavy atom. The highest BCUT2D eigenvalue weighted by molar-refractivity contribution is 5.62. The second-order valence-electron chi connectivity index (χ2n) is 7.26. The highest BCUT2D eigenvalue weighted by Gasteiger charge is 2.23. The number of nitrogens with zero attached hydrogens (tertiary/aromatic N) is 4. The molecule has 1 aromatic carbocycles. The average molecular weight is 374 g/mol. The van der Waals surface area contributed by atoms with E-state index in [0.29, 0.717) is 12.6 Å². The fraction of sp³-hybridized carbons (Fsp3) is 0.348. The van der Waals surface area contributed by atoms with Gasteiger partial charge in [-0.2, -0.15) is 0 Å². The molecule has 0 radical (unpaired) electrons. The van der Waals surface area contributed by atoms with Crippen LogP contribution in [0.15, 0.2) is 60.9 Å². The first-order valence-electron chi connectivity index (χ1n) is 10.2. The van der Waals surface area contributed by atoms with E-state index in [1.807, 2.05) is 42.7 Å². The van der Waals surface area contributed by atoms with Gasteiger partial charge in [-0.1, -0.05) is 37.3 Å². The number of piperidine rings is 1. The Morgan fingerprint density at radius 2 is 1.86 bits per heavy atom. The monoisotopic (exact) mass is 373 g/mol. The molecule has 0 bridgehead atoms. The molecule has 144 valence electrons. The largest absolute Gasteiger partial charge is 0.366 e. The highest BCUT2D eigenvalue weighted by atomic mass is 15.2. The number of rotatable bonds is 6. The molecule has 1 N–H and O–H groups in total. The van der Waals surface area contributed by atoms with E-state index in [4.69, 9.17) is 9.97 Å². The zero-order valence-corrected chi connectivity index (χ0v) is 16.4. The van der Waals surface area contributed by atoms with Crippen LogP contribution >= 0.6 is 0 Å². The Balaban J connectivity index is 1.66. The van der Waals surface area contributed by atoms with Crippen LogP contribution in [-0.4, -0.2) is 27.5 Å². The van der Waals surface area contributed by atoms with Crippen LogP contribution in [-0.2, 0) is 6.54 Å². The van der Waals surface area contributed by atoms with Gasteiger partial charge in [0.2, 0.25) is 0 Å². The SMILES string of the molecule is CCC1CCCCN1c1cc(NCc2ccncc2)nc(-c2ccccc2)n1. The average Bonchev–Trinajstić information content (AvgIpc) is 2.79. The first kappa shape index (κ1) is 18.4. The summed E-state index contributed by atoms with van der Waals surface area (Å²) in [4.78, 5) is 16.3. The molecule has 2 aromatic heterocycles. The molecule has 1 atom stereocenters. The third-order valence-electron chi connectivity index (χ3n) is 5.36. The minimum Gasteiger partial charge on any atom is -0.366 e. The van der Waals surface area contributed by atoms with Crippen LogP contribution in [0.25, 0.3) is 11.4 Å². The van der Waals surface area contributed by atoms with Gasteiger partial charge in [0, 0.05) is 43.2 Å². The van der Waals surface area contributed by atoms with Crippen molar-refractivity contribution < 1.29 is 0 Å². The molecular weight excluding hydrogens is 346 g/mol. The van der Waals surface area contributed by atoms with Crippen molar-refractivity contribution >= 4 is 11.6 Å². The molecule has 1 saturated heterocycles. The van der Waals surface area contributed by atoms with Gasteiger partial charge >= 0.3 is 0 Å². The lowest BCUT2D eigenvalue weighted by Gasteiger charge is -2.36. The summed E-state index contributed by atoms with van der Waals surface area (Å²) in [6, 6.07) is 16.9. The van der Waals surface area contributed by atoms with Crippen molar-refractivity contribution in [1.82, 2.24) is 15.0 Å². The molecule has 1 fully saturated rings. The standard InChI is InChI=1S/C23H27N5/c1-2-20-10-6-7-15-28(20)22-16-21(25-17-18-11-13-24-14-12-18)26-23(27-22)19-8-4-3-5-9-19/h3-5,8-9,11-14,16,20H,2,6-7,10,15,17H2,1H3,(H,25,26,27). The minimum atomic E-state index is 0.556. The second-order valence-corrected chi connectivity index (χ2v) is 7.26. The van der Waals surface area contributed by atoms with Gasteiger partial charge < -0.3 is 10.2 Å². The Kier molecular flexibility index (Phi) is 5.80. The zero-order valence-electron chi connectivity index (χ0n) is 16.4. The Morgan fingerprint density at radius 1 is 1.04 bits per heavy atom. The van der Waals surface area contributed by atoms with Gasteiger partial charge in [-0.3, -0.25) is 4.98 Å². The van der Waals surface area contributed by atoms with Crippen LogP contribution in [0.3, 0.4) is 0 Å². The van der Waals surface area contributed by atoms with Gasteiger partial charge in [0.15, 0.2) is 5.82 Å². The topological polar surface area (TPSA) is 53.9 Å². The van der Waals surface area contributed by atoms with Crippen LogP contribution in [0.5, 0.6) is 0 Å². The van der Waals surface area contributed by atoms with Crippen LogP contribution < -0.4 is 10.2 Å². The maximum Gasteiger partial charge on any atom is 0.163 e. The van der Waals surface area contributed by atoms with Gasteiger partial charge in [-0.05, 0) is 43.4 Å². The maximum atomic E-state index is 4.95. The molecule has 4 rings (SSSR count). The van der Waals surface area contributed by atoms with Crippen molar-refractivity contribution in [2.24, 2.45) is 0 Å². The molecule has 0 spiro atoms. The van der Waals surface area contributed by atoms with Gasteiger partial charge in [0.1, 0.15) is 11.6 Å². The summed E-state index contributed by atoms with van der Waals surface area (Å²) in [7, 11) is 0. The summed E-state index contributed by atoms with van der Waals surface area (Å²) in [6.45, 7) is 4.04. The summed E-state index contributed by atoms with van der Waals surface area (Å²) in [6.07, 6.45) is 8.54. The number of hydrogen-bond donors (Lipinski definition) is 1. The highest BCUT2D eigenvalue weighted by Crippen LogP contribution is 2.29. The van der Waals surface area contributed by atoms with E-state index >= 15 is 0 Å². The molecule has 1 unspecified atom stereocenters. The first-order chi connectivity index (χ1) is 13.8. The van der Waals surface area contributed by atoms with Gasteiger partial charge in [-0.15, -0.1) is 0 Å². The van der Waals surface area contributed by atoms with E-state index in [-0.39, 0.29) is 0 Å². The van der Waals surface area contributed by atoms with E-state index in [9.17, 15) is 0 Å². The molecule has 0 amide bonds. The van der Waals surface area contributed by atoms with Gasteiger partial charge in [-0.25, -0.2) is 9.97 Å². The lowest BCUT2D eigenvalue weighted by atomic mass is 10.00. The molecule has 1 aliphatic rings. The molecule has 28 heavy (non-hydrogen) atoms. The van der Waals surface area contributed by atoms with Crippen molar-refractivity contribution in [3.63, 3.8) is 0 Å². The number of nitrogens with one attached hydrogen (secondary N) is 1. The zero-order chi connectivity index (χ0) is 19.2. The summed E-state index contributed by atoms with van der Waals surface area (Å²) in [5.41, 5.74) is 2.22. The Labute approximate surface area is 166 Å². The van der Waals surface area contributed by atoms with Gasteiger partial charge in [0.25, 0.3) is 0 Å². The van der Waals surface area contributed by atoms with Crippen molar-refractivity contribution in [1.29, 1.82) is 0 Å². The molecule has 5 heteroatoms. The lowest BCUT2D eigenvalue weighted by molar-refractivity contribution is 0.447. The number of aromatic nitrogens is 3. The Bertz CT molecular complexity index is 882. The molecule has 1 aliphatic heterocycles. The van der Waals surface area contributed by atoms with Crippen LogP contribution in [0.4, 0.5) is 11.6 Å². The van der Waals surface area contributed by atoms with Crippen molar-refractivity contribution in [2.75, 3.05) is 16.8 Å². The van der Waals surface area contributed by atoms with Crippen molar-refractivity contribution in [3.8, 4) is 11.4 Å². The summed E-state index contributed by atoms with van der Waals surface area (Å²) < 4.78 is 0. The molecule has 5 nitrogen and oxygen atoms in total. The van der Waals surface area contributed by atoms with E-state index in [1.165, 1.54) is 24.8 Å². The summed E-state index contributed by atoms with van der Waals surface area (Å²) >= 11 is 0. The second kappa shape index (κ2) is 8.83. The molecule has 3 aromatic rings. The van der Waals surface area contributed by atoms with Gasteiger partial charge in [0.05, 0.1) is 0 Å². The fourth-order valence-corrected chi connectivity index (χ4v) is 3.81. The lowest BCUT2D eigenvalue weighted by Crippen LogP contribution is -2.39. The van der Waals surface area contributed by atoms with Crippen LogP contribution in [0.2, 0.25) is 0 Å². The number of anilines is 2. The van der Waals surface area contributed by atoms with E-state index < -0.39 is 0 Å². The quantitative estimate of drug-likeness (QED) is 0.665. The van der Waals surface area contributed by atoms with E-state index in [1.54, 1.807) is 0 Å². The first-order valence-corrected chi connectivity index (χ1v) is 10.2. The fourth-order valence-electron chi connectivity index (χ4n) is 3.81. The third-order valence-corrected chi connectivity index (χ3v) is 5.36. The minimum absolute atomic E-state index is 0.556. The predicted octanol–water partition coefficient (Wildman–Crippen LogP) is 4.92. The summed E-state index contributed by atoms with van der Waals surface area (Å²) in [5.74, 6) is 2.66. The smallest absolute Gasteiger partial charge is 0.163 e. The third kappa shape index (κ3) is 4.30. The molecular formula is C23H27N5. The maximum absolute atomic E-state index is 4.95. The molecule has 0 aliphatic carbocycles.